The lowest BCUT2D eigenvalue weighted by Gasteiger charge is -2.10. The van der Waals surface area contributed by atoms with Gasteiger partial charge in [-0.15, -0.1) is 10.2 Å². The highest BCUT2D eigenvalue weighted by Gasteiger charge is 2.09. The lowest BCUT2D eigenvalue weighted by molar-refractivity contribution is -0.115. The quantitative estimate of drug-likeness (QED) is 0.502. The molecule has 4 rings (SSSR count). The van der Waals surface area contributed by atoms with Crippen LogP contribution in [0.5, 0.6) is 17.4 Å². The predicted molar refractivity (Wildman–Crippen MR) is 113 cm³/mol. The summed E-state index contributed by atoms with van der Waals surface area (Å²) in [7, 11) is 1.59. The lowest BCUT2D eigenvalue weighted by Crippen LogP contribution is -2.14. The van der Waals surface area contributed by atoms with Crippen LogP contribution in [0.4, 0.5) is 5.69 Å². The Kier molecular flexibility index (Phi) is 5.70. The van der Waals surface area contributed by atoms with Crippen LogP contribution in [0.3, 0.4) is 0 Å². The number of nitrogens with zero attached hydrogens (tertiary/aromatic N) is 3. The Morgan fingerprint density at radius 1 is 0.933 bits per heavy atom. The van der Waals surface area contributed by atoms with Gasteiger partial charge in [-0.3, -0.25) is 4.79 Å². The second-order valence-electron chi connectivity index (χ2n) is 6.48. The van der Waals surface area contributed by atoms with Gasteiger partial charge in [0.15, 0.2) is 5.82 Å². The highest BCUT2D eigenvalue weighted by molar-refractivity contribution is 5.92. The number of para-hydroxylation sites is 1. The van der Waals surface area contributed by atoms with Crippen LogP contribution in [0.15, 0.2) is 85.2 Å². The summed E-state index contributed by atoms with van der Waals surface area (Å²) in [6, 6.07) is 22.0. The highest BCUT2D eigenvalue weighted by atomic mass is 16.5. The summed E-state index contributed by atoms with van der Waals surface area (Å²) in [6.07, 6.45) is 4.02. The average molecular weight is 400 g/mol. The van der Waals surface area contributed by atoms with Crippen LogP contribution in [0.1, 0.15) is 5.56 Å². The first-order valence-corrected chi connectivity index (χ1v) is 9.38. The van der Waals surface area contributed by atoms with Crippen molar-refractivity contribution in [3.8, 4) is 23.2 Å². The molecule has 30 heavy (non-hydrogen) atoms. The maximum absolute atomic E-state index is 12.3. The molecule has 2 aromatic carbocycles. The van der Waals surface area contributed by atoms with Gasteiger partial charge in [0.1, 0.15) is 11.5 Å². The van der Waals surface area contributed by atoms with E-state index in [1.807, 2.05) is 59.4 Å². The van der Waals surface area contributed by atoms with Crippen LogP contribution in [0, 0.1) is 0 Å². The smallest absolute Gasteiger partial charge is 0.238 e. The van der Waals surface area contributed by atoms with Crippen molar-refractivity contribution in [3.05, 3.63) is 90.8 Å². The number of methoxy groups -OCH3 is 1. The van der Waals surface area contributed by atoms with Gasteiger partial charge >= 0.3 is 0 Å². The molecule has 0 bridgehead atoms. The minimum atomic E-state index is -0.125. The van der Waals surface area contributed by atoms with E-state index in [0.717, 1.165) is 5.56 Å². The van der Waals surface area contributed by atoms with Crippen molar-refractivity contribution in [1.29, 1.82) is 0 Å². The highest BCUT2D eigenvalue weighted by Crippen LogP contribution is 2.22. The van der Waals surface area contributed by atoms with Crippen LogP contribution < -0.4 is 14.8 Å². The zero-order valence-corrected chi connectivity index (χ0v) is 16.4. The number of carbonyl (C=O) groups is 1. The molecule has 4 aromatic rings. The van der Waals surface area contributed by atoms with Gasteiger partial charge in [0.25, 0.3) is 0 Å². The van der Waals surface area contributed by atoms with Crippen molar-refractivity contribution in [2.45, 2.75) is 6.42 Å². The van der Waals surface area contributed by atoms with Crippen molar-refractivity contribution >= 4 is 11.6 Å². The Hall–Kier alpha value is -4.13. The van der Waals surface area contributed by atoms with Gasteiger partial charge in [-0.05, 0) is 48.5 Å². The summed E-state index contributed by atoms with van der Waals surface area (Å²) in [5, 5.41) is 11.1. The SMILES string of the molecule is COc1ccccc1CC(=O)Nc1ccc(Oc2ccc(-n3cccc3)nn2)cc1. The molecular weight excluding hydrogens is 380 g/mol. The molecule has 2 aromatic heterocycles. The minimum absolute atomic E-state index is 0.125. The van der Waals surface area contributed by atoms with Gasteiger partial charge < -0.3 is 19.4 Å². The van der Waals surface area contributed by atoms with Crippen molar-refractivity contribution in [2.24, 2.45) is 0 Å². The molecule has 2 heterocycles. The van der Waals surface area contributed by atoms with E-state index in [0.29, 0.717) is 28.9 Å². The normalized spacial score (nSPS) is 10.4. The first kappa shape index (κ1) is 19.2. The summed E-state index contributed by atoms with van der Waals surface area (Å²) < 4.78 is 12.9. The fourth-order valence-corrected chi connectivity index (χ4v) is 2.95. The Labute approximate surface area is 173 Å². The van der Waals surface area contributed by atoms with Gasteiger partial charge in [-0.25, -0.2) is 0 Å². The standard InChI is InChI=1S/C23H20N4O3/c1-29-20-7-3-2-6-17(20)16-22(28)24-18-8-10-19(11-9-18)30-23-13-12-21(25-26-23)27-14-4-5-15-27/h2-15H,16H2,1H3,(H,24,28). The zero-order chi connectivity index (χ0) is 20.8. The molecule has 0 saturated carbocycles. The summed E-state index contributed by atoms with van der Waals surface area (Å²) in [6.45, 7) is 0. The van der Waals surface area contributed by atoms with E-state index in [-0.39, 0.29) is 12.3 Å². The van der Waals surface area contributed by atoms with Crippen LogP contribution in [0.2, 0.25) is 0 Å². The third-order valence-electron chi connectivity index (χ3n) is 4.40. The van der Waals surface area contributed by atoms with Crippen LogP contribution in [0.25, 0.3) is 5.82 Å². The minimum Gasteiger partial charge on any atom is -0.496 e. The maximum atomic E-state index is 12.3. The number of hydrogen-bond acceptors (Lipinski definition) is 5. The van der Waals surface area contributed by atoms with Gasteiger partial charge in [0, 0.05) is 29.7 Å². The molecule has 1 amide bonds. The summed E-state index contributed by atoms with van der Waals surface area (Å²) in [4.78, 5) is 12.3. The van der Waals surface area contributed by atoms with Crippen molar-refractivity contribution < 1.29 is 14.3 Å². The van der Waals surface area contributed by atoms with E-state index in [1.54, 1.807) is 37.4 Å². The Bertz CT molecular complexity index is 1110. The van der Waals surface area contributed by atoms with Crippen molar-refractivity contribution in [3.63, 3.8) is 0 Å². The van der Waals surface area contributed by atoms with Crippen LogP contribution >= 0.6 is 0 Å². The number of carbonyl (C=O) groups excluding carboxylic acids is 1. The molecule has 0 fully saturated rings. The number of benzene rings is 2. The number of aromatic nitrogens is 3. The van der Waals surface area contributed by atoms with Gasteiger partial charge in [-0.2, -0.15) is 0 Å². The van der Waals surface area contributed by atoms with Gasteiger partial charge in [-0.1, -0.05) is 18.2 Å². The number of nitrogens with one attached hydrogen (secondary N) is 1. The molecule has 0 unspecified atom stereocenters. The molecule has 150 valence electrons. The first-order valence-electron chi connectivity index (χ1n) is 9.38. The van der Waals surface area contributed by atoms with Gasteiger partial charge in [0.2, 0.25) is 11.8 Å². The molecule has 7 nitrogen and oxygen atoms in total. The third-order valence-corrected chi connectivity index (χ3v) is 4.40. The molecule has 1 N–H and O–H groups in total. The molecule has 0 spiro atoms. The molecule has 0 atom stereocenters. The Morgan fingerprint density at radius 3 is 2.40 bits per heavy atom. The zero-order valence-electron chi connectivity index (χ0n) is 16.4. The first-order chi connectivity index (χ1) is 14.7. The largest absolute Gasteiger partial charge is 0.496 e. The number of anilines is 1. The predicted octanol–water partition coefficient (Wildman–Crippen LogP) is 4.25. The summed E-state index contributed by atoms with van der Waals surface area (Å²) in [5.41, 5.74) is 1.51. The number of rotatable bonds is 7. The number of ether oxygens (including phenoxy) is 2. The van der Waals surface area contributed by atoms with Crippen LogP contribution in [-0.2, 0) is 11.2 Å². The Balaban J connectivity index is 1.35. The van der Waals surface area contributed by atoms with E-state index in [2.05, 4.69) is 15.5 Å². The number of hydrogen-bond donors (Lipinski definition) is 1. The number of amides is 1. The van der Waals surface area contributed by atoms with E-state index in [4.69, 9.17) is 9.47 Å². The maximum Gasteiger partial charge on any atom is 0.238 e. The van der Waals surface area contributed by atoms with E-state index < -0.39 is 0 Å². The van der Waals surface area contributed by atoms with Gasteiger partial charge in [0.05, 0.1) is 13.5 Å². The molecule has 0 aliphatic carbocycles. The van der Waals surface area contributed by atoms with E-state index in [1.165, 1.54) is 0 Å². The summed E-state index contributed by atoms with van der Waals surface area (Å²) in [5.74, 6) is 2.26. The van der Waals surface area contributed by atoms with E-state index >= 15 is 0 Å². The second-order valence-corrected chi connectivity index (χ2v) is 6.48. The molecule has 0 radical (unpaired) electrons. The average Bonchev–Trinajstić information content (AvgIpc) is 3.31. The molecule has 7 heteroatoms. The lowest BCUT2D eigenvalue weighted by atomic mass is 10.1. The second kappa shape index (κ2) is 8.91. The molecule has 0 aliphatic heterocycles. The topological polar surface area (TPSA) is 78.3 Å². The molecule has 0 aliphatic rings. The molecule has 0 saturated heterocycles. The van der Waals surface area contributed by atoms with Crippen molar-refractivity contribution in [2.75, 3.05) is 12.4 Å². The fraction of sp³-hybridized carbons (Fsp3) is 0.0870. The summed E-state index contributed by atoms with van der Waals surface area (Å²) >= 11 is 0. The van der Waals surface area contributed by atoms with E-state index in [9.17, 15) is 4.79 Å². The van der Waals surface area contributed by atoms with Crippen molar-refractivity contribution in [1.82, 2.24) is 14.8 Å². The molecular formula is C23H20N4O3. The third kappa shape index (κ3) is 4.64. The monoisotopic (exact) mass is 400 g/mol. The van der Waals surface area contributed by atoms with Crippen LogP contribution in [-0.4, -0.2) is 27.8 Å². The Morgan fingerprint density at radius 2 is 1.70 bits per heavy atom. The fourth-order valence-electron chi connectivity index (χ4n) is 2.95.